The van der Waals surface area contributed by atoms with Crippen LogP contribution >= 0.6 is 0 Å². The van der Waals surface area contributed by atoms with Gasteiger partial charge in [0.1, 0.15) is 0 Å². The van der Waals surface area contributed by atoms with Crippen molar-refractivity contribution in [3.8, 4) is 0 Å². The second-order valence-corrected chi connectivity index (χ2v) is 7.49. The maximum absolute atomic E-state index is 11.2. The van der Waals surface area contributed by atoms with Crippen LogP contribution in [0.3, 0.4) is 0 Å². The number of allylic oxidation sites excluding steroid dienone is 2. The summed E-state index contributed by atoms with van der Waals surface area (Å²) in [5.41, 5.74) is 0. The van der Waals surface area contributed by atoms with E-state index in [0.29, 0.717) is 3.06 Å². The molecule has 0 N–H and O–H groups in total. The molecule has 0 amide bonds. The molecule has 0 atom stereocenters. The molecule has 0 saturated carbocycles. The third-order valence-corrected chi connectivity index (χ3v) is 6.04. The van der Waals surface area contributed by atoms with Crippen molar-refractivity contribution >= 4 is 38.7 Å². The van der Waals surface area contributed by atoms with Crippen molar-refractivity contribution in [2.24, 2.45) is 0 Å². The van der Waals surface area contributed by atoms with Crippen LogP contribution in [0.4, 0.5) is 0 Å². The van der Waals surface area contributed by atoms with Crippen LogP contribution in [0, 0.1) is 0 Å². The van der Waals surface area contributed by atoms with Crippen LogP contribution in [0.1, 0.15) is 0 Å². The molecule has 5 heteroatoms. The minimum atomic E-state index is -1.28. The smallest absolute Gasteiger partial charge is 0 e. The van der Waals surface area contributed by atoms with E-state index in [4.69, 9.17) is 0 Å². The Labute approximate surface area is 108 Å². The minimum absolute atomic E-state index is 0. The van der Waals surface area contributed by atoms with Gasteiger partial charge in [-0.15, -0.1) is 0 Å². The summed E-state index contributed by atoms with van der Waals surface area (Å²) in [6.07, 6.45) is 6.39. The summed E-state index contributed by atoms with van der Waals surface area (Å²) in [5, 5.41) is 0. The summed E-state index contributed by atoms with van der Waals surface area (Å²) in [6.45, 7) is 3.21. The van der Waals surface area contributed by atoms with Crippen LogP contribution in [0.15, 0.2) is 34.5 Å². The van der Waals surface area contributed by atoms with Gasteiger partial charge in [-0.2, -0.15) is 0 Å². The maximum Gasteiger partial charge on any atom is 0 e. The zero-order valence-electron chi connectivity index (χ0n) is 7.40. The van der Waals surface area contributed by atoms with Crippen molar-refractivity contribution in [1.29, 1.82) is 0 Å². The first-order chi connectivity index (χ1) is 6.24. The van der Waals surface area contributed by atoms with Crippen molar-refractivity contribution in [1.82, 2.24) is 0 Å². The Kier molecular flexibility index (Phi) is 7.13. The molecule has 0 unspecified atom stereocenters. The van der Waals surface area contributed by atoms with Crippen molar-refractivity contribution in [3.63, 3.8) is 0 Å². The average Bonchev–Trinajstić information content (AvgIpc) is 2.19. The fourth-order valence-corrected chi connectivity index (χ4v) is 4.12. The Morgan fingerprint density at radius 3 is 2.64 bits per heavy atom. The van der Waals surface area contributed by atoms with E-state index in [1.54, 1.807) is 12.2 Å². The molecule has 0 spiro atoms. The number of rotatable bonds is 2. The first kappa shape index (κ1) is 13.9. The van der Waals surface area contributed by atoms with Gasteiger partial charge in [0, 0.05) is 21.7 Å². The van der Waals surface area contributed by atoms with Gasteiger partial charge in [-0.25, -0.2) is 0 Å². The zero-order chi connectivity index (χ0) is 9.68. The van der Waals surface area contributed by atoms with Gasteiger partial charge in [-0.3, -0.25) is 0 Å². The van der Waals surface area contributed by atoms with Crippen LogP contribution in [0.5, 0.6) is 0 Å². The van der Waals surface area contributed by atoms with Gasteiger partial charge >= 0.3 is 87.6 Å². The molecule has 0 aliphatic carbocycles. The Balaban J connectivity index is 0.00000169. The van der Waals surface area contributed by atoms with Crippen LogP contribution in [-0.4, -0.2) is 38.7 Å². The standard InChI is InChI=1S/C9H7O3.Ti.Tl/c1-3-5-6-7-9(11)12-8(10)4-2;;/h1,3-6H,2H2;;. The second-order valence-electron chi connectivity index (χ2n) is 2.28. The fraction of sp³-hybridized carbons (Fsp3) is 0. The molecule has 14 heavy (non-hydrogen) atoms. The van der Waals surface area contributed by atoms with Crippen molar-refractivity contribution < 1.29 is 36.0 Å². The largest absolute Gasteiger partial charge is 0 e. The van der Waals surface area contributed by atoms with E-state index < -0.39 is 35.7 Å². The first-order valence-corrected chi connectivity index (χ1v) is 8.51. The van der Waals surface area contributed by atoms with Gasteiger partial charge in [-0.05, 0) is 0 Å². The zero-order valence-corrected chi connectivity index (χ0v) is 13.4. The number of ether oxygens (including phenoxy) is 1. The molecule has 1 heterocycles. The van der Waals surface area contributed by atoms with Crippen molar-refractivity contribution in [3.05, 3.63) is 34.5 Å². The van der Waals surface area contributed by atoms with Gasteiger partial charge in [-0.1, -0.05) is 0 Å². The number of hydrogen-bond acceptors (Lipinski definition) is 3. The average molecular weight is 415 g/mol. The van der Waals surface area contributed by atoms with Gasteiger partial charge in [0.25, 0.3) is 0 Å². The van der Waals surface area contributed by atoms with Crippen LogP contribution in [0.2, 0.25) is 0 Å². The molecule has 1 rings (SSSR count). The van der Waals surface area contributed by atoms with Crippen molar-refractivity contribution in [2.75, 3.05) is 0 Å². The van der Waals surface area contributed by atoms with E-state index in [0.717, 1.165) is 6.08 Å². The number of esters is 2. The Hall–Kier alpha value is -0.134. The summed E-state index contributed by atoms with van der Waals surface area (Å²) < 4.78 is 7.17. The van der Waals surface area contributed by atoms with E-state index in [1.165, 1.54) is 0 Å². The van der Waals surface area contributed by atoms with Gasteiger partial charge in [0.15, 0.2) is 0 Å². The molecule has 68 valence electrons. The molecule has 0 bridgehead atoms. The monoisotopic (exact) mass is 416 g/mol. The number of carbonyl (C=O) groups excluding carboxylic acids is 2. The third kappa shape index (κ3) is 4.39. The molecule has 0 aromatic heterocycles. The topological polar surface area (TPSA) is 43.4 Å². The van der Waals surface area contributed by atoms with Gasteiger partial charge in [0.05, 0.1) is 0 Å². The Morgan fingerprint density at radius 1 is 1.43 bits per heavy atom. The first-order valence-electron chi connectivity index (χ1n) is 3.67. The van der Waals surface area contributed by atoms with E-state index in [1.807, 2.05) is 9.71 Å². The Bertz CT molecular complexity index is 342. The van der Waals surface area contributed by atoms with Gasteiger partial charge < -0.3 is 0 Å². The minimum Gasteiger partial charge on any atom is 0 e. The normalized spacial score (nSPS) is 11.9. The predicted octanol–water partition coefficient (Wildman–Crippen LogP) is 0.200. The molecular formula is C9H7O3TiTl. The molecule has 1 aliphatic heterocycles. The van der Waals surface area contributed by atoms with E-state index in [2.05, 4.69) is 11.3 Å². The third-order valence-electron chi connectivity index (χ3n) is 1.37. The molecule has 0 aromatic rings. The van der Waals surface area contributed by atoms with E-state index in [9.17, 15) is 9.59 Å². The van der Waals surface area contributed by atoms with Crippen LogP contribution in [0.25, 0.3) is 0 Å². The summed E-state index contributed by atoms with van der Waals surface area (Å²) in [6, 6.07) is 0. The second kappa shape index (κ2) is 7.20. The Morgan fingerprint density at radius 2 is 2.14 bits per heavy atom. The summed E-state index contributed by atoms with van der Waals surface area (Å²) in [5.74, 6) is -1.20. The molecule has 0 aromatic carbocycles. The van der Waals surface area contributed by atoms with Crippen molar-refractivity contribution in [2.45, 2.75) is 0 Å². The molecule has 0 fully saturated rings. The summed E-state index contributed by atoms with van der Waals surface area (Å²) >= 11 is -1.28. The summed E-state index contributed by atoms with van der Waals surface area (Å²) in [4.78, 5) is 21.9. The molecule has 0 saturated heterocycles. The number of hydrogen-bond donors (Lipinski definition) is 0. The number of carbonyl (C=O) groups is 2. The maximum atomic E-state index is 11.2. The fourth-order valence-electron chi connectivity index (χ4n) is 0.766. The molecule has 0 radical (unpaired) electrons. The molecular weight excluding hydrogens is 408 g/mol. The van der Waals surface area contributed by atoms with Gasteiger partial charge in [0.2, 0.25) is 0 Å². The van der Waals surface area contributed by atoms with Crippen LogP contribution in [-0.2, 0) is 36.0 Å². The van der Waals surface area contributed by atoms with Crippen LogP contribution < -0.4 is 0 Å². The van der Waals surface area contributed by atoms with E-state index in [-0.39, 0.29) is 21.7 Å². The molecule has 3 nitrogen and oxygen atoms in total. The SMILES string of the molecule is C=CC(=O)OC(=O)[C]1=[Tl][CH]=CC=C1.[Ti]. The van der Waals surface area contributed by atoms with E-state index >= 15 is 0 Å². The predicted molar refractivity (Wildman–Crippen MR) is 50.3 cm³/mol. The summed E-state index contributed by atoms with van der Waals surface area (Å²) in [7, 11) is 0. The molecule has 1 aliphatic rings. The quantitative estimate of drug-likeness (QED) is 0.280.